The van der Waals surface area contributed by atoms with Gasteiger partial charge in [0.05, 0.1) is 6.04 Å². The number of carbonyl (C=O) groups excluding carboxylic acids is 1. The zero-order chi connectivity index (χ0) is 18.6. The van der Waals surface area contributed by atoms with Crippen molar-refractivity contribution in [1.29, 1.82) is 0 Å². The molecule has 2 heteroatoms. The summed E-state index contributed by atoms with van der Waals surface area (Å²) in [4.78, 5) is 15.1. The van der Waals surface area contributed by atoms with E-state index in [1.165, 1.54) is 16.7 Å². The van der Waals surface area contributed by atoms with Crippen LogP contribution in [0.2, 0.25) is 0 Å². The second kappa shape index (κ2) is 7.63. The maximum Gasteiger partial charge on any atom is 0.247 e. The largest absolute Gasteiger partial charge is 0.328 e. The van der Waals surface area contributed by atoms with Gasteiger partial charge in [-0.1, -0.05) is 84.4 Å². The summed E-state index contributed by atoms with van der Waals surface area (Å²) in [5.74, 6) is 0.0546. The van der Waals surface area contributed by atoms with Crippen molar-refractivity contribution in [1.82, 2.24) is 4.90 Å². The Morgan fingerprint density at radius 1 is 0.926 bits per heavy atom. The molecule has 1 unspecified atom stereocenters. The molecule has 1 aliphatic rings. The van der Waals surface area contributed by atoms with Crippen molar-refractivity contribution in [2.24, 2.45) is 0 Å². The van der Waals surface area contributed by atoms with Crippen LogP contribution in [0.5, 0.6) is 0 Å². The first-order valence-electron chi connectivity index (χ1n) is 9.40. The van der Waals surface area contributed by atoms with Gasteiger partial charge in [-0.3, -0.25) is 4.79 Å². The van der Waals surface area contributed by atoms with Gasteiger partial charge >= 0.3 is 0 Å². The lowest BCUT2D eigenvalue weighted by Gasteiger charge is -2.37. The van der Waals surface area contributed by atoms with Crippen molar-refractivity contribution in [3.63, 3.8) is 0 Å². The molecule has 0 saturated carbocycles. The van der Waals surface area contributed by atoms with E-state index >= 15 is 0 Å². The van der Waals surface area contributed by atoms with Crippen molar-refractivity contribution in [2.75, 3.05) is 6.54 Å². The average Bonchev–Trinajstić information content (AvgIpc) is 2.72. The summed E-state index contributed by atoms with van der Waals surface area (Å²) in [6.45, 7) is 2.82. The molecule has 2 nitrogen and oxygen atoms in total. The number of carbonyl (C=O) groups is 1. The Labute approximate surface area is 160 Å². The monoisotopic (exact) mass is 353 g/mol. The first kappa shape index (κ1) is 17.3. The second-order valence-electron chi connectivity index (χ2n) is 7.04. The van der Waals surface area contributed by atoms with Gasteiger partial charge < -0.3 is 4.90 Å². The summed E-state index contributed by atoms with van der Waals surface area (Å²) in [5, 5.41) is 0. The van der Waals surface area contributed by atoms with Crippen molar-refractivity contribution in [2.45, 2.75) is 19.4 Å². The van der Waals surface area contributed by atoms with E-state index in [0.717, 1.165) is 24.1 Å². The lowest BCUT2D eigenvalue weighted by molar-refractivity contribution is -0.127. The van der Waals surface area contributed by atoms with Crippen LogP contribution in [-0.2, 0) is 11.2 Å². The van der Waals surface area contributed by atoms with Crippen molar-refractivity contribution >= 4 is 12.0 Å². The van der Waals surface area contributed by atoms with Crippen LogP contribution in [0, 0.1) is 6.92 Å². The van der Waals surface area contributed by atoms with E-state index in [1.807, 2.05) is 41.3 Å². The molecule has 1 heterocycles. The highest BCUT2D eigenvalue weighted by Crippen LogP contribution is 2.35. The Hall–Kier alpha value is -3.13. The smallest absolute Gasteiger partial charge is 0.247 e. The Morgan fingerprint density at radius 2 is 1.63 bits per heavy atom. The molecule has 1 aliphatic heterocycles. The van der Waals surface area contributed by atoms with Crippen molar-refractivity contribution in [3.05, 3.63) is 113 Å². The predicted octanol–water partition coefficient (Wildman–Crippen LogP) is 5.18. The zero-order valence-corrected chi connectivity index (χ0v) is 15.5. The Bertz CT molecular complexity index is 957. The van der Waals surface area contributed by atoms with E-state index in [2.05, 4.69) is 55.5 Å². The van der Waals surface area contributed by atoms with Crippen LogP contribution in [0.25, 0.3) is 6.08 Å². The lowest BCUT2D eigenvalue weighted by Crippen LogP contribution is -2.39. The molecule has 0 aliphatic carbocycles. The molecule has 0 radical (unpaired) electrons. The minimum absolute atomic E-state index is 0.0385. The van der Waals surface area contributed by atoms with Crippen LogP contribution in [-0.4, -0.2) is 17.4 Å². The van der Waals surface area contributed by atoms with Gasteiger partial charge in [0.25, 0.3) is 0 Å². The number of nitrogens with zero attached hydrogens (tertiary/aromatic N) is 1. The van der Waals surface area contributed by atoms with Gasteiger partial charge in [-0.05, 0) is 41.7 Å². The Morgan fingerprint density at radius 3 is 2.41 bits per heavy atom. The molecule has 134 valence electrons. The predicted molar refractivity (Wildman–Crippen MR) is 110 cm³/mol. The Kier molecular flexibility index (Phi) is 4.88. The van der Waals surface area contributed by atoms with Crippen LogP contribution in [0.4, 0.5) is 0 Å². The summed E-state index contributed by atoms with van der Waals surface area (Å²) in [6, 6.07) is 26.9. The van der Waals surface area contributed by atoms with E-state index in [4.69, 9.17) is 0 Å². The normalized spacial score (nSPS) is 16.3. The van der Waals surface area contributed by atoms with Crippen molar-refractivity contribution < 1.29 is 4.79 Å². The third-order valence-electron chi connectivity index (χ3n) is 5.18. The molecule has 0 aromatic heterocycles. The molecule has 0 fully saturated rings. The van der Waals surface area contributed by atoms with Gasteiger partial charge in [0.1, 0.15) is 0 Å². The van der Waals surface area contributed by atoms with Gasteiger partial charge in [-0.2, -0.15) is 0 Å². The number of aryl methyl sites for hydroxylation is 1. The lowest BCUT2D eigenvalue weighted by atomic mass is 9.88. The summed E-state index contributed by atoms with van der Waals surface area (Å²) in [5.41, 5.74) is 5.99. The van der Waals surface area contributed by atoms with Crippen LogP contribution >= 0.6 is 0 Å². The molecule has 1 atom stereocenters. The van der Waals surface area contributed by atoms with Gasteiger partial charge in [-0.25, -0.2) is 0 Å². The maximum atomic E-state index is 13.1. The molecule has 27 heavy (non-hydrogen) atoms. The van der Waals surface area contributed by atoms with Gasteiger partial charge in [0, 0.05) is 12.6 Å². The third-order valence-corrected chi connectivity index (χ3v) is 5.18. The highest BCUT2D eigenvalue weighted by Gasteiger charge is 2.30. The molecule has 3 aromatic carbocycles. The summed E-state index contributed by atoms with van der Waals surface area (Å²) < 4.78 is 0. The molecule has 0 N–H and O–H groups in total. The van der Waals surface area contributed by atoms with E-state index in [0.29, 0.717) is 0 Å². The molecule has 4 rings (SSSR count). The SMILES string of the molecule is Cc1ccc(C2c3ccccc3CCN2C(=O)/C=C/c2ccccc2)cc1. The summed E-state index contributed by atoms with van der Waals surface area (Å²) in [6.07, 6.45) is 4.49. The highest BCUT2D eigenvalue weighted by atomic mass is 16.2. The van der Waals surface area contributed by atoms with Crippen molar-refractivity contribution in [3.8, 4) is 0 Å². The molecular weight excluding hydrogens is 330 g/mol. The average molecular weight is 353 g/mol. The Balaban J connectivity index is 1.69. The van der Waals surface area contributed by atoms with Crippen LogP contribution < -0.4 is 0 Å². The molecule has 0 bridgehead atoms. The number of hydrogen-bond acceptors (Lipinski definition) is 1. The summed E-state index contributed by atoms with van der Waals surface area (Å²) in [7, 11) is 0. The van der Waals surface area contributed by atoms with E-state index in [-0.39, 0.29) is 11.9 Å². The first-order valence-corrected chi connectivity index (χ1v) is 9.40. The molecule has 0 saturated heterocycles. The fraction of sp³-hybridized carbons (Fsp3) is 0.160. The van der Waals surface area contributed by atoms with Gasteiger partial charge in [0.2, 0.25) is 5.91 Å². The standard InChI is InChI=1S/C25H23NO/c1-19-11-14-22(15-12-19)25-23-10-6-5-9-21(23)17-18-26(25)24(27)16-13-20-7-3-2-4-8-20/h2-16,25H,17-18H2,1H3/b16-13+. The zero-order valence-electron chi connectivity index (χ0n) is 15.5. The highest BCUT2D eigenvalue weighted by molar-refractivity contribution is 5.92. The second-order valence-corrected chi connectivity index (χ2v) is 7.04. The summed E-state index contributed by atoms with van der Waals surface area (Å²) >= 11 is 0. The topological polar surface area (TPSA) is 20.3 Å². The van der Waals surface area contributed by atoms with E-state index in [1.54, 1.807) is 6.08 Å². The van der Waals surface area contributed by atoms with Crippen LogP contribution in [0.1, 0.15) is 33.9 Å². The van der Waals surface area contributed by atoms with E-state index in [9.17, 15) is 4.79 Å². The van der Waals surface area contributed by atoms with Crippen LogP contribution in [0.3, 0.4) is 0 Å². The number of hydrogen-bond donors (Lipinski definition) is 0. The molecule has 0 spiro atoms. The molecular formula is C25H23NO. The van der Waals surface area contributed by atoms with E-state index < -0.39 is 0 Å². The minimum atomic E-state index is -0.0385. The van der Waals surface area contributed by atoms with Gasteiger partial charge in [0.15, 0.2) is 0 Å². The molecule has 3 aromatic rings. The van der Waals surface area contributed by atoms with Crippen LogP contribution in [0.15, 0.2) is 84.9 Å². The first-order chi connectivity index (χ1) is 13.2. The maximum absolute atomic E-state index is 13.1. The quantitative estimate of drug-likeness (QED) is 0.594. The number of fused-ring (bicyclic) bond motifs is 1. The fourth-order valence-electron chi connectivity index (χ4n) is 3.74. The molecule has 1 amide bonds. The fourth-order valence-corrected chi connectivity index (χ4v) is 3.74. The minimum Gasteiger partial charge on any atom is -0.328 e. The number of amides is 1. The number of rotatable bonds is 3. The third kappa shape index (κ3) is 3.70. The number of benzene rings is 3. The van der Waals surface area contributed by atoms with Gasteiger partial charge in [-0.15, -0.1) is 0 Å².